The van der Waals surface area contributed by atoms with Crippen LogP contribution in [-0.2, 0) is 0 Å². The molecule has 1 aromatic heterocycles. The van der Waals surface area contributed by atoms with Crippen molar-refractivity contribution in [2.24, 2.45) is 5.10 Å². The molecule has 0 radical (unpaired) electrons. The Balaban J connectivity index is 1.82. The molecule has 0 aliphatic rings. The van der Waals surface area contributed by atoms with E-state index < -0.39 is 26.1 Å². The van der Waals surface area contributed by atoms with E-state index in [4.69, 9.17) is 4.42 Å². The van der Waals surface area contributed by atoms with Gasteiger partial charge in [0.15, 0.2) is 0 Å². The van der Waals surface area contributed by atoms with Crippen molar-refractivity contribution in [2.45, 2.75) is 6.92 Å². The number of hydrogen-bond donors (Lipinski definition) is 1. The van der Waals surface area contributed by atoms with E-state index in [0.29, 0.717) is 5.56 Å². The summed E-state index contributed by atoms with van der Waals surface area (Å²) in [6, 6.07) is 10.9. The lowest BCUT2D eigenvalue weighted by atomic mass is 10.1. The van der Waals surface area contributed by atoms with Crippen LogP contribution >= 0.6 is 0 Å². The van der Waals surface area contributed by atoms with Gasteiger partial charge in [-0.2, -0.15) is 5.10 Å². The Bertz CT molecular complexity index is 1190. The van der Waals surface area contributed by atoms with Crippen LogP contribution in [0.4, 0.5) is 22.7 Å². The van der Waals surface area contributed by atoms with E-state index in [1.165, 1.54) is 24.4 Å². The van der Waals surface area contributed by atoms with Gasteiger partial charge in [-0.15, -0.1) is 0 Å². The van der Waals surface area contributed by atoms with Crippen LogP contribution in [0.25, 0.3) is 11.3 Å². The first-order valence-corrected chi connectivity index (χ1v) is 8.33. The lowest BCUT2D eigenvalue weighted by Crippen LogP contribution is -1.98. The third-order valence-corrected chi connectivity index (χ3v) is 4.01. The second-order valence-corrected chi connectivity index (χ2v) is 6.07. The third kappa shape index (κ3) is 4.27. The maximum absolute atomic E-state index is 11.3. The van der Waals surface area contributed by atoms with Gasteiger partial charge in [0.25, 0.3) is 11.4 Å². The first-order valence-electron chi connectivity index (χ1n) is 8.33. The van der Waals surface area contributed by atoms with Crippen LogP contribution in [0.15, 0.2) is 58.0 Å². The first kappa shape index (κ1) is 20.1. The van der Waals surface area contributed by atoms with E-state index in [1.54, 1.807) is 19.1 Å². The molecule has 2 aromatic carbocycles. The molecule has 0 spiro atoms. The zero-order valence-electron chi connectivity index (χ0n) is 15.3. The highest BCUT2D eigenvalue weighted by atomic mass is 16.6. The Hall–Kier alpha value is -4.61. The SMILES string of the molecule is Cc1ccc(-c2ccc(/C=N\Nc3ccc([N+](=O)[O-])cc3[N+](=O)[O-])o2)c([N+](=O)[O-])c1. The fraction of sp³-hybridized carbons (Fsp3) is 0.0556. The lowest BCUT2D eigenvalue weighted by Gasteiger charge is -2.02. The number of hydrazone groups is 1. The van der Waals surface area contributed by atoms with Gasteiger partial charge in [0, 0.05) is 12.1 Å². The number of nitrogens with zero attached hydrogens (tertiary/aromatic N) is 4. The van der Waals surface area contributed by atoms with Crippen molar-refractivity contribution in [2.75, 3.05) is 5.43 Å². The average molecular weight is 411 g/mol. The molecule has 0 fully saturated rings. The van der Waals surface area contributed by atoms with Gasteiger partial charge in [0.1, 0.15) is 17.2 Å². The van der Waals surface area contributed by atoms with Gasteiger partial charge in [-0.25, -0.2) is 0 Å². The quantitative estimate of drug-likeness (QED) is 0.338. The number of rotatable bonds is 7. The molecule has 0 unspecified atom stereocenters. The minimum Gasteiger partial charge on any atom is -0.455 e. The summed E-state index contributed by atoms with van der Waals surface area (Å²) in [5.41, 5.74) is 2.36. The number of non-ortho nitro benzene ring substituents is 1. The Labute approximate surface area is 167 Å². The minimum atomic E-state index is -0.771. The standard InChI is InChI=1S/C18H13N5O7/c1-11-2-5-14(16(8-11)22(26)27)18-7-4-13(30-18)10-19-20-15-6-3-12(21(24)25)9-17(15)23(28)29/h2-10,20H,1H3/b19-10-. The fourth-order valence-corrected chi connectivity index (χ4v) is 2.61. The van der Waals surface area contributed by atoms with Crippen LogP contribution < -0.4 is 5.43 Å². The van der Waals surface area contributed by atoms with Gasteiger partial charge in [-0.05, 0) is 36.8 Å². The van der Waals surface area contributed by atoms with Crippen LogP contribution in [0.1, 0.15) is 11.3 Å². The summed E-state index contributed by atoms with van der Waals surface area (Å²) in [5.74, 6) is 0.487. The molecule has 0 aliphatic heterocycles. The summed E-state index contributed by atoms with van der Waals surface area (Å²) in [5, 5.41) is 37.0. The topological polar surface area (TPSA) is 167 Å². The first-order chi connectivity index (χ1) is 14.3. The number of nitro benzene ring substituents is 3. The predicted molar refractivity (Wildman–Crippen MR) is 107 cm³/mol. The molecule has 30 heavy (non-hydrogen) atoms. The average Bonchev–Trinajstić information content (AvgIpc) is 3.16. The molecular weight excluding hydrogens is 398 g/mol. The fourth-order valence-electron chi connectivity index (χ4n) is 2.61. The van der Waals surface area contributed by atoms with Crippen molar-refractivity contribution in [3.63, 3.8) is 0 Å². The smallest absolute Gasteiger partial charge is 0.301 e. The number of hydrogen-bond acceptors (Lipinski definition) is 9. The van der Waals surface area contributed by atoms with Crippen molar-refractivity contribution >= 4 is 29.0 Å². The van der Waals surface area contributed by atoms with E-state index in [1.807, 2.05) is 0 Å². The molecular formula is C18H13N5O7. The lowest BCUT2D eigenvalue weighted by molar-refractivity contribution is -0.393. The monoisotopic (exact) mass is 411 g/mol. The van der Waals surface area contributed by atoms with Gasteiger partial charge < -0.3 is 4.42 Å². The maximum atomic E-state index is 11.3. The number of nitro groups is 3. The van der Waals surface area contributed by atoms with Crippen molar-refractivity contribution in [3.05, 3.63) is 90.2 Å². The largest absolute Gasteiger partial charge is 0.455 e. The van der Waals surface area contributed by atoms with Crippen LogP contribution in [-0.4, -0.2) is 21.0 Å². The minimum absolute atomic E-state index is 0.0530. The second-order valence-electron chi connectivity index (χ2n) is 6.07. The molecule has 0 atom stereocenters. The number of benzene rings is 2. The summed E-state index contributed by atoms with van der Waals surface area (Å²) in [4.78, 5) is 31.1. The van der Waals surface area contributed by atoms with E-state index in [9.17, 15) is 30.3 Å². The Morgan fingerprint density at radius 2 is 1.63 bits per heavy atom. The van der Waals surface area contributed by atoms with Gasteiger partial charge in [0.05, 0.1) is 32.6 Å². The van der Waals surface area contributed by atoms with Crippen molar-refractivity contribution < 1.29 is 19.2 Å². The summed E-state index contributed by atoms with van der Waals surface area (Å²) in [6.45, 7) is 1.74. The van der Waals surface area contributed by atoms with E-state index >= 15 is 0 Å². The zero-order valence-corrected chi connectivity index (χ0v) is 15.3. The number of aryl methyl sites for hydroxylation is 1. The molecule has 0 bridgehead atoms. The highest BCUT2D eigenvalue weighted by Gasteiger charge is 2.20. The van der Waals surface area contributed by atoms with Crippen LogP contribution in [0, 0.1) is 37.3 Å². The third-order valence-electron chi connectivity index (χ3n) is 4.01. The Kier molecular flexibility index (Phi) is 5.49. The van der Waals surface area contributed by atoms with Crippen LogP contribution in [0.3, 0.4) is 0 Å². The van der Waals surface area contributed by atoms with Gasteiger partial charge in [-0.1, -0.05) is 6.07 Å². The van der Waals surface area contributed by atoms with Gasteiger partial charge >= 0.3 is 5.69 Å². The highest BCUT2D eigenvalue weighted by molar-refractivity contribution is 5.80. The molecule has 152 valence electrons. The van der Waals surface area contributed by atoms with Crippen molar-refractivity contribution in [3.8, 4) is 11.3 Å². The molecule has 0 amide bonds. The molecule has 0 saturated heterocycles. The van der Waals surface area contributed by atoms with Crippen LogP contribution in [0.2, 0.25) is 0 Å². The van der Waals surface area contributed by atoms with Crippen LogP contribution in [0.5, 0.6) is 0 Å². The molecule has 3 rings (SSSR count). The second kappa shape index (κ2) is 8.18. The van der Waals surface area contributed by atoms with E-state index in [2.05, 4.69) is 10.5 Å². The summed E-state index contributed by atoms with van der Waals surface area (Å²) >= 11 is 0. The molecule has 0 saturated carbocycles. The Morgan fingerprint density at radius 3 is 2.30 bits per heavy atom. The predicted octanol–water partition coefficient (Wildman–Crippen LogP) is 4.43. The van der Waals surface area contributed by atoms with E-state index in [0.717, 1.165) is 23.8 Å². The van der Waals surface area contributed by atoms with Crippen molar-refractivity contribution in [1.82, 2.24) is 0 Å². The normalized spacial score (nSPS) is 10.8. The summed E-state index contributed by atoms with van der Waals surface area (Å²) in [7, 11) is 0. The molecule has 1 N–H and O–H groups in total. The molecule has 0 aliphatic carbocycles. The maximum Gasteiger partial charge on any atom is 0.301 e. The van der Waals surface area contributed by atoms with Gasteiger partial charge in [-0.3, -0.25) is 35.8 Å². The molecule has 3 aromatic rings. The molecule has 12 nitrogen and oxygen atoms in total. The van der Waals surface area contributed by atoms with Crippen molar-refractivity contribution in [1.29, 1.82) is 0 Å². The molecule has 12 heteroatoms. The molecule has 1 heterocycles. The summed E-state index contributed by atoms with van der Waals surface area (Å²) in [6.07, 6.45) is 1.22. The van der Waals surface area contributed by atoms with E-state index in [-0.39, 0.29) is 22.9 Å². The van der Waals surface area contributed by atoms with Gasteiger partial charge in [0.2, 0.25) is 0 Å². The summed E-state index contributed by atoms with van der Waals surface area (Å²) < 4.78 is 5.55. The zero-order chi connectivity index (χ0) is 21.8. The number of furan rings is 1. The Morgan fingerprint density at radius 1 is 0.900 bits per heavy atom. The highest BCUT2D eigenvalue weighted by Crippen LogP contribution is 2.32. The number of anilines is 1. The number of nitrogens with one attached hydrogen (secondary N) is 1.